The molecule has 1 saturated carbocycles. The number of rotatable bonds is 6. The molecule has 2 nitrogen and oxygen atoms in total. The molecular weight excluding hydrogens is 220 g/mol. The van der Waals surface area contributed by atoms with E-state index in [4.69, 9.17) is 0 Å². The van der Waals surface area contributed by atoms with Gasteiger partial charge in [-0.05, 0) is 62.9 Å². The number of nitrogens with zero attached hydrogens (tertiary/aromatic N) is 1. The summed E-state index contributed by atoms with van der Waals surface area (Å²) in [6.07, 6.45) is 8.33. The van der Waals surface area contributed by atoms with E-state index in [1.54, 1.807) is 0 Å². The summed E-state index contributed by atoms with van der Waals surface area (Å²) < 4.78 is 0. The van der Waals surface area contributed by atoms with Gasteiger partial charge in [0.15, 0.2) is 0 Å². The minimum absolute atomic E-state index is 0.468. The molecule has 0 amide bonds. The minimum Gasteiger partial charge on any atom is -0.313 e. The van der Waals surface area contributed by atoms with Gasteiger partial charge in [0.2, 0.25) is 0 Å². The van der Waals surface area contributed by atoms with Crippen LogP contribution < -0.4 is 5.32 Å². The smallest absolute Gasteiger partial charge is 0.00684 e. The lowest BCUT2D eigenvalue weighted by Gasteiger charge is -2.35. The Hall–Kier alpha value is -0.0800. The van der Waals surface area contributed by atoms with E-state index in [0.717, 1.165) is 12.0 Å². The highest BCUT2D eigenvalue weighted by Crippen LogP contribution is 2.27. The van der Waals surface area contributed by atoms with Crippen LogP contribution in [0.5, 0.6) is 0 Å². The first-order chi connectivity index (χ1) is 8.61. The summed E-state index contributed by atoms with van der Waals surface area (Å²) in [5.41, 5.74) is 0.468. The second-order valence-electron chi connectivity index (χ2n) is 7.13. The van der Waals surface area contributed by atoms with Crippen LogP contribution in [0.25, 0.3) is 0 Å². The summed E-state index contributed by atoms with van der Waals surface area (Å²) in [6, 6.07) is 0.847. The molecule has 2 aliphatic rings. The number of likely N-dealkylation sites (tertiary alicyclic amines) is 1. The fourth-order valence-electron chi connectivity index (χ4n) is 2.99. The van der Waals surface area contributed by atoms with Crippen molar-refractivity contribution in [2.75, 3.05) is 26.2 Å². The van der Waals surface area contributed by atoms with Gasteiger partial charge in [0.1, 0.15) is 0 Å². The van der Waals surface area contributed by atoms with Crippen molar-refractivity contribution in [1.29, 1.82) is 0 Å². The Morgan fingerprint density at radius 3 is 2.61 bits per heavy atom. The molecule has 0 spiro atoms. The molecule has 18 heavy (non-hydrogen) atoms. The van der Waals surface area contributed by atoms with E-state index in [0.29, 0.717) is 5.41 Å². The molecule has 2 unspecified atom stereocenters. The molecule has 0 aromatic heterocycles. The molecule has 2 fully saturated rings. The maximum atomic E-state index is 3.74. The SMILES string of the molecule is CCC(C)(CNC1CC1)CN1CCCC(C)CC1. The van der Waals surface area contributed by atoms with Gasteiger partial charge in [0.05, 0.1) is 0 Å². The van der Waals surface area contributed by atoms with Crippen molar-refractivity contribution in [3.8, 4) is 0 Å². The lowest BCUT2D eigenvalue weighted by Crippen LogP contribution is -2.43. The maximum Gasteiger partial charge on any atom is 0.00684 e. The topological polar surface area (TPSA) is 15.3 Å². The van der Waals surface area contributed by atoms with E-state index in [1.807, 2.05) is 0 Å². The van der Waals surface area contributed by atoms with Gasteiger partial charge >= 0.3 is 0 Å². The molecule has 0 bridgehead atoms. The summed E-state index contributed by atoms with van der Waals surface area (Å²) in [6.45, 7) is 12.4. The van der Waals surface area contributed by atoms with Gasteiger partial charge in [0, 0.05) is 19.1 Å². The normalized spacial score (nSPS) is 29.8. The van der Waals surface area contributed by atoms with Gasteiger partial charge in [-0.1, -0.05) is 20.8 Å². The predicted molar refractivity (Wildman–Crippen MR) is 78.9 cm³/mol. The Labute approximate surface area is 114 Å². The van der Waals surface area contributed by atoms with Crippen LogP contribution in [-0.4, -0.2) is 37.1 Å². The van der Waals surface area contributed by atoms with Crippen LogP contribution in [0.3, 0.4) is 0 Å². The van der Waals surface area contributed by atoms with Crippen molar-refractivity contribution in [2.24, 2.45) is 11.3 Å². The summed E-state index contributed by atoms with van der Waals surface area (Å²) in [7, 11) is 0. The fraction of sp³-hybridized carbons (Fsp3) is 1.00. The van der Waals surface area contributed by atoms with E-state index in [9.17, 15) is 0 Å². The average Bonchev–Trinajstić information content (AvgIpc) is 3.17. The molecule has 1 saturated heterocycles. The molecule has 0 aromatic carbocycles. The van der Waals surface area contributed by atoms with E-state index in [2.05, 4.69) is 31.0 Å². The summed E-state index contributed by atoms with van der Waals surface area (Å²) >= 11 is 0. The molecule has 1 heterocycles. The van der Waals surface area contributed by atoms with Gasteiger partial charge in [-0.2, -0.15) is 0 Å². The van der Waals surface area contributed by atoms with Crippen molar-refractivity contribution < 1.29 is 0 Å². The van der Waals surface area contributed by atoms with E-state index in [1.165, 1.54) is 64.7 Å². The third-order valence-corrected chi connectivity index (χ3v) is 4.96. The minimum atomic E-state index is 0.468. The lowest BCUT2D eigenvalue weighted by molar-refractivity contribution is 0.157. The van der Waals surface area contributed by atoms with Crippen LogP contribution in [-0.2, 0) is 0 Å². The van der Waals surface area contributed by atoms with Crippen LogP contribution in [0.15, 0.2) is 0 Å². The van der Waals surface area contributed by atoms with Crippen LogP contribution in [0, 0.1) is 11.3 Å². The molecule has 1 aliphatic carbocycles. The molecule has 2 rings (SSSR count). The maximum absolute atomic E-state index is 3.74. The van der Waals surface area contributed by atoms with Crippen LogP contribution >= 0.6 is 0 Å². The second-order valence-corrected chi connectivity index (χ2v) is 7.13. The van der Waals surface area contributed by atoms with E-state index < -0.39 is 0 Å². The van der Waals surface area contributed by atoms with E-state index >= 15 is 0 Å². The Kier molecular flexibility index (Phi) is 5.08. The van der Waals surface area contributed by atoms with Crippen molar-refractivity contribution in [3.63, 3.8) is 0 Å². The quantitative estimate of drug-likeness (QED) is 0.780. The Bertz CT molecular complexity index is 249. The molecule has 0 radical (unpaired) electrons. The molecular formula is C16H32N2. The summed E-state index contributed by atoms with van der Waals surface area (Å²) in [5, 5.41) is 3.74. The highest BCUT2D eigenvalue weighted by molar-refractivity contribution is 4.87. The first-order valence-electron chi connectivity index (χ1n) is 8.07. The zero-order valence-corrected chi connectivity index (χ0v) is 12.7. The molecule has 2 atom stereocenters. The van der Waals surface area contributed by atoms with Gasteiger partial charge < -0.3 is 10.2 Å². The second kappa shape index (κ2) is 6.38. The van der Waals surface area contributed by atoms with Crippen molar-refractivity contribution in [2.45, 2.75) is 65.3 Å². The van der Waals surface area contributed by atoms with Gasteiger partial charge in [0.25, 0.3) is 0 Å². The first kappa shape index (κ1) is 14.3. The standard InChI is InChI=1S/C16H32N2/c1-4-16(3,12-17-15-7-8-15)13-18-10-5-6-14(2)9-11-18/h14-15,17H,4-13H2,1-3H3. The van der Waals surface area contributed by atoms with E-state index in [-0.39, 0.29) is 0 Å². The van der Waals surface area contributed by atoms with Crippen LogP contribution in [0.1, 0.15) is 59.3 Å². The van der Waals surface area contributed by atoms with Crippen molar-refractivity contribution in [3.05, 3.63) is 0 Å². The predicted octanol–water partition coefficient (Wildman–Crippen LogP) is 3.28. The average molecular weight is 252 g/mol. The van der Waals surface area contributed by atoms with Gasteiger partial charge in [-0.3, -0.25) is 0 Å². The Morgan fingerprint density at radius 1 is 1.17 bits per heavy atom. The molecule has 2 heteroatoms. The Balaban J connectivity index is 1.79. The summed E-state index contributed by atoms with van der Waals surface area (Å²) in [5.74, 6) is 0.937. The van der Waals surface area contributed by atoms with Gasteiger partial charge in [-0.25, -0.2) is 0 Å². The molecule has 106 valence electrons. The van der Waals surface area contributed by atoms with Crippen molar-refractivity contribution in [1.82, 2.24) is 10.2 Å². The highest BCUT2D eigenvalue weighted by atomic mass is 15.1. The van der Waals surface area contributed by atoms with Crippen LogP contribution in [0.4, 0.5) is 0 Å². The number of nitrogens with one attached hydrogen (secondary N) is 1. The van der Waals surface area contributed by atoms with Crippen molar-refractivity contribution >= 4 is 0 Å². The fourth-order valence-corrected chi connectivity index (χ4v) is 2.99. The monoisotopic (exact) mass is 252 g/mol. The number of hydrogen-bond acceptors (Lipinski definition) is 2. The summed E-state index contributed by atoms with van der Waals surface area (Å²) in [4.78, 5) is 2.72. The molecule has 1 aliphatic heterocycles. The zero-order valence-electron chi connectivity index (χ0n) is 12.7. The van der Waals surface area contributed by atoms with Crippen LogP contribution in [0.2, 0.25) is 0 Å². The first-order valence-corrected chi connectivity index (χ1v) is 8.07. The lowest BCUT2D eigenvalue weighted by atomic mass is 9.86. The number of hydrogen-bond donors (Lipinski definition) is 1. The third-order valence-electron chi connectivity index (χ3n) is 4.96. The van der Waals surface area contributed by atoms with Gasteiger partial charge in [-0.15, -0.1) is 0 Å². The Morgan fingerprint density at radius 2 is 1.94 bits per heavy atom. The highest BCUT2D eigenvalue weighted by Gasteiger charge is 2.29. The zero-order chi connectivity index (χ0) is 13.0. The third kappa shape index (κ3) is 4.55. The molecule has 0 aromatic rings. The molecule has 1 N–H and O–H groups in total. The largest absolute Gasteiger partial charge is 0.313 e.